The summed E-state index contributed by atoms with van der Waals surface area (Å²) in [5.74, 6) is 0. The van der Waals surface area contributed by atoms with Crippen molar-refractivity contribution in [3.63, 3.8) is 0 Å². The van der Waals surface area contributed by atoms with Crippen molar-refractivity contribution in [3.05, 3.63) is 33.9 Å². The molecule has 0 saturated carbocycles. The van der Waals surface area contributed by atoms with E-state index in [1.54, 1.807) is 12.1 Å². The van der Waals surface area contributed by atoms with Gasteiger partial charge in [-0.2, -0.15) is 0 Å². The van der Waals surface area contributed by atoms with Crippen LogP contribution < -0.4 is 4.90 Å². The predicted molar refractivity (Wildman–Crippen MR) is 65.1 cm³/mol. The van der Waals surface area contributed by atoms with Crippen LogP contribution in [0.3, 0.4) is 0 Å². The van der Waals surface area contributed by atoms with Crippen molar-refractivity contribution in [2.24, 2.45) is 0 Å². The molecule has 1 fully saturated rings. The summed E-state index contributed by atoms with van der Waals surface area (Å²) in [4.78, 5) is 12.5. The van der Waals surface area contributed by atoms with Gasteiger partial charge in [-0.05, 0) is 31.9 Å². The Morgan fingerprint density at radius 2 is 2.35 bits per heavy atom. The highest BCUT2D eigenvalue weighted by molar-refractivity contribution is 5.56. The average molecular weight is 236 g/mol. The molecule has 0 aliphatic carbocycles. The number of nitro groups is 1. The van der Waals surface area contributed by atoms with E-state index in [0.717, 1.165) is 25.1 Å². The minimum Gasteiger partial charge on any atom is -0.391 e. The van der Waals surface area contributed by atoms with E-state index in [-0.39, 0.29) is 12.3 Å². The lowest BCUT2D eigenvalue weighted by Gasteiger charge is -2.24. The molecule has 1 aliphatic rings. The monoisotopic (exact) mass is 236 g/mol. The summed E-state index contributed by atoms with van der Waals surface area (Å²) < 4.78 is 0. The third-order valence-corrected chi connectivity index (χ3v) is 3.31. The van der Waals surface area contributed by atoms with Crippen LogP contribution >= 0.6 is 0 Å². The van der Waals surface area contributed by atoms with Crippen molar-refractivity contribution in [2.75, 3.05) is 11.4 Å². The smallest absolute Gasteiger partial charge is 0.275 e. The lowest BCUT2D eigenvalue weighted by atomic mass is 10.1. The largest absolute Gasteiger partial charge is 0.391 e. The molecule has 0 bridgehead atoms. The Balaban J connectivity index is 2.34. The Hall–Kier alpha value is -1.62. The van der Waals surface area contributed by atoms with E-state index < -0.39 is 4.92 Å². The van der Waals surface area contributed by atoms with Gasteiger partial charge in [0.1, 0.15) is 0 Å². The lowest BCUT2D eigenvalue weighted by Crippen LogP contribution is -2.26. The van der Waals surface area contributed by atoms with Gasteiger partial charge in [0.2, 0.25) is 0 Å². The minimum atomic E-state index is -0.456. The maximum Gasteiger partial charge on any atom is 0.275 e. The molecular formula is C12H16N2O3. The fourth-order valence-corrected chi connectivity index (χ4v) is 2.37. The van der Waals surface area contributed by atoms with Crippen LogP contribution in [0.2, 0.25) is 0 Å². The molecule has 1 aromatic carbocycles. The maximum atomic E-state index is 10.8. The van der Waals surface area contributed by atoms with Crippen LogP contribution in [-0.2, 0) is 6.61 Å². The number of aliphatic hydroxyl groups excluding tert-OH is 1. The Labute approximate surface area is 99.8 Å². The van der Waals surface area contributed by atoms with Crippen molar-refractivity contribution >= 4 is 11.4 Å². The zero-order valence-corrected chi connectivity index (χ0v) is 9.80. The van der Waals surface area contributed by atoms with Crippen molar-refractivity contribution in [1.29, 1.82) is 0 Å². The SMILES string of the molecule is CC1CCCN1c1ccc([N+](=O)[O-])c(CO)c1. The molecule has 0 radical (unpaired) electrons. The molecule has 1 aromatic rings. The number of nitrogens with zero attached hydrogens (tertiary/aromatic N) is 2. The van der Waals surface area contributed by atoms with Gasteiger partial charge in [-0.1, -0.05) is 0 Å². The van der Waals surface area contributed by atoms with Gasteiger partial charge in [0.05, 0.1) is 17.1 Å². The van der Waals surface area contributed by atoms with Gasteiger partial charge in [0.25, 0.3) is 5.69 Å². The second-order valence-corrected chi connectivity index (χ2v) is 4.41. The Kier molecular flexibility index (Phi) is 3.28. The minimum absolute atomic E-state index is 0.0110. The Bertz CT molecular complexity index is 434. The highest BCUT2D eigenvalue weighted by atomic mass is 16.6. The van der Waals surface area contributed by atoms with Gasteiger partial charge in [-0.25, -0.2) is 0 Å². The van der Waals surface area contributed by atoms with Crippen LogP contribution in [0.5, 0.6) is 0 Å². The molecule has 1 saturated heterocycles. The first-order valence-electron chi connectivity index (χ1n) is 5.78. The molecule has 1 unspecified atom stereocenters. The molecule has 5 heteroatoms. The first kappa shape index (κ1) is 11.9. The number of nitro benzene ring substituents is 1. The molecule has 1 heterocycles. The second-order valence-electron chi connectivity index (χ2n) is 4.41. The van der Waals surface area contributed by atoms with E-state index in [9.17, 15) is 15.2 Å². The molecule has 92 valence electrons. The van der Waals surface area contributed by atoms with Crippen LogP contribution in [0.25, 0.3) is 0 Å². The number of anilines is 1. The van der Waals surface area contributed by atoms with Gasteiger partial charge in [-0.3, -0.25) is 10.1 Å². The lowest BCUT2D eigenvalue weighted by molar-refractivity contribution is -0.385. The molecule has 1 atom stereocenters. The third-order valence-electron chi connectivity index (χ3n) is 3.31. The molecule has 2 rings (SSSR count). The highest BCUT2D eigenvalue weighted by Crippen LogP contribution is 2.29. The summed E-state index contributed by atoms with van der Waals surface area (Å²) in [5, 5.41) is 19.9. The van der Waals surface area contributed by atoms with Crippen molar-refractivity contribution in [1.82, 2.24) is 0 Å². The zero-order valence-electron chi connectivity index (χ0n) is 9.80. The number of rotatable bonds is 3. The number of hydrogen-bond acceptors (Lipinski definition) is 4. The molecule has 0 aromatic heterocycles. The standard InChI is InChI=1S/C12H16N2O3/c1-9-3-2-6-13(9)11-4-5-12(14(16)17)10(7-11)8-15/h4-5,7,9,15H,2-3,6,8H2,1H3. The molecule has 1 N–H and O–H groups in total. The van der Waals surface area contributed by atoms with Gasteiger partial charge < -0.3 is 10.0 Å². The van der Waals surface area contributed by atoms with Crippen LogP contribution in [0, 0.1) is 10.1 Å². The Morgan fingerprint density at radius 1 is 1.59 bits per heavy atom. The summed E-state index contributed by atoms with van der Waals surface area (Å²) in [5.41, 5.74) is 1.33. The summed E-state index contributed by atoms with van der Waals surface area (Å²) in [6.07, 6.45) is 2.29. The fraction of sp³-hybridized carbons (Fsp3) is 0.500. The second kappa shape index (κ2) is 4.71. The highest BCUT2D eigenvalue weighted by Gasteiger charge is 2.22. The molecule has 5 nitrogen and oxygen atoms in total. The summed E-state index contributed by atoms with van der Waals surface area (Å²) >= 11 is 0. The summed E-state index contributed by atoms with van der Waals surface area (Å²) in [7, 11) is 0. The van der Waals surface area contributed by atoms with Crippen molar-refractivity contribution < 1.29 is 10.0 Å². The summed E-state index contributed by atoms with van der Waals surface area (Å²) in [6.45, 7) is 2.82. The first-order valence-corrected chi connectivity index (χ1v) is 5.78. The Morgan fingerprint density at radius 3 is 2.88 bits per heavy atom. The molecule has 0 spiro atoms. The maximum absolute atomic E-state index is 10.8. The van der Waals surface area contributed by atoms with Crippen LogP contribution in [0.4, 0.5) is 11.4 Å². The average Bonchev–Trinajstić information content (AvgIpc) is 2.74. The fourth-order valence-electron chi connectivity index (χ4n) is 2.37. The quantitative estimate of drug-likeness (QED) is 0.644. The van der Waals surface area contributed by atoms with Crippen LogP contribution in [-0.4, -0.2) is 22.6 Å². The van der Waals surface area contributed by atoms with E-state index in [1.807, 2.05) is 0 Å². The van der Waals surface area contributed by atoms with Crippen LogP contribution in [0.15, 0.2) is 18.2 Å². The normalized spacial score (nSPS) is 19.6. The topological polar surface area (TPSA) is 66.6 Å². The van der Waals surface area contributed by atoms with E-state index in [0.29, 0.717) is 11.6 Å². The van der Waals surface area contributed by atoms with E-state index in [1.165, 1.54) is 6.07 Å². The van der Waals surface area contributed by atoms with Crippen molar-refractivity contribution in [2.45, 2.75) is 32.4 Å². The van der Waals surface area contributed by atoms with E-state index in [2.05, 4.69) is 11.8 Å². The van der Waals surface area contributed by atoms with Gasteiger partial charge in [0, 0.05) is 24.3 Å². The number of aliphatic hydroxyl groups is 1. The van der Waals surface area contributed by atoms with E-state index in [4.69, 9.17) is 0 Å². The third kappa shape index (κ3) is 2.24. The number of benzene rings is 1. The predicted octanol–water partition coefficient (Wildman–Crippen LogP) is 2.08. The first-order chi connectivity index (χ1) is 8.13. The van der Waals surface area contributed by atoms with Gasteiger partial charge in [0.15, 0.2) is 0 Å². The zero-order chi connectivity index (χ0) is 12.4. The molecular weight excluding hydrogens is 220 g/mol. The summed E-state index contributed by atoms with van der Waals surface area (Å²) in [6, 6.07) is 5.42. The van der Waals surface area contributed by atoms with Gasteiger partial charge >= 0.3 is 0 Å². The van der Waals surface area contributed by atoms with Crippen molar-refractivity contribution in [3.8, 4) is 0 Å². The van der Waals surface area contributed by atoms with Crippen LogP contribution in [0.1, 0.15) is 25.3 Å². The molecule has 17 heavy (non-hydrogen) atoms. The molecule has 1 aliphatic heterocycles. The number of hydrogen-bond donors (Lipinski definition) is 1. The van der Waals surface area contributed by atoms with Gasteiger partial charge in [-0.15, -0.1) is 0 Å². The van der Waals surface area contributed by atoms with E-state index >= 15 is 0 Å². The molecule has 0 amide bonds.